The molecular formula is C11H9ClN2OS. The summed E-state index contributed by atoms with van der Waals surface area (Å²) in [6.07, 6.45) is 1.51. The normalized spacial score (nSPS) is 10.1. The molecule has 2 aromatic rings. The van der Waals surface area contributed by atoms with Crippen molar-refractivity contribution in [1.29, 1.82) is 0 Å². The Labute approximate surface area is 102 Å². The van der Waals surface area contributed by atoms with E-state index in [4.69, 9.17) is 11.6 Å². The van der Waals surface area contributed by atoms with Crippen LogP contribution in [0, 0.1) is 6.92 Å². The van der Waals surface area contributed by atoms with Crippen LogP contribution in [0.1, 0.15) is 15.9 Å². The lowest BCUT2D eigenvalue weighted by Gasteiger charge is -2.01. The minimum Gasteiger partial charge on any atom is -0.298 e. The second-order valence-corrected chi connectivity index (χ2v) is 4.96. The number of amides is 1. The van der Waals surface area contributed by atoms with Crippen LogP contribution >= 0.6 is 22.9 Å². The average molecular weight is 253 g/mol. The van der Waals surface area contributed by atoms with Crippen LogP contribution < -0.4 is 5.32 Å². The van der Waals surface area contributed by atoms with E-state index in [9.17, 15) is 4.79 Å². The Kier molecular flexibility index (Phi) is 3.22. The second-order valence-electron chi connectivity index (χ2n) is 3.29. The van der Waals surface area contributed by atoms with E-state index >= 15 is 0 Å². The van der Waals surface area contributed by atoms with Gasteiger partial charge in [0, 0.05) is 5.56 Å². The van der Waals surface area contributed by atoms with Gasteiger partial charge in [0.2, 0.25) is 0 Å². The van der Waals surface area contributed by atoms with Crippen molar-refractivity contribution < 1.29 is 4.79 Å². The quantitative estimate of drug-likeness (QED) is 0.891. The van der Waals surface area contributed by atoms with E-state index in [0.717, 1.165) is 5.56 Å². The number of benzene rings is 1. The van der Waals surface area contributed by atoms with Gasteiger partial charge in [-0.2, -0.15) is 0 Å². The summed E-state index contributed by atoms with van der Waals surface area (Å²) < 4.78 is 0.555. The predicted molar refractivity (Wildman–Crippen MR) is 66.3 cm³/mol. The minimum atomic E-state index is -0.172. The molecule has 1 N–H and O–H groups in total. The molecule has 0 saturated carbocycles. The van der Waals surface area contributed by atoms with E-state index in [2.05, 4.69) is 10.3 Å². The van der Waals surface area contributed by atoms with Gasteiger partial charge in [0.05, 0.1) is 6.20 Å². The number of aromatic nitrogens is 1. The summed E-state index contributed by atoms with van der Waals surface area (Å²) in [7, 11) is 0. The number of anilines is 1. The van der Waals surface area contributed by atoms with E-state index < -0.39 is 0 Å². The number of thiazole rings is 1. The summed E-state index contributed by atoms with van der Waals surface area (Å²) in [5.74, 6) is -0.172. The number of hydrogen-bond donors (Lipinski definition) is 1. The van der Waals surface area contributed by atoms with E-state index in [-0.39, 0.29) is 5.91 Å². The Bertz CT molecular complexity index is 524. The molecule has 0 aliphatic heterocycles. The highest BCUT2D eigenvalue weighted by atomic mass is 35.5. The van der Waals surface area contributed by atoms with Gasteiger partial charge in [-0.05, 0) is 19.1 Å². The van der Waals surface area contributed by atoms with E-state index in [1.54, 1.807) is 6.07 Å². The van der Waals surface area contributed by atoms with Crippen molar-refractivity contribution in [1.82, 2.24) is 4.98 Å². The topological polar surface area (TPSA) is 42.0 Å². The first-order valence-corrected chi connectivity index (χ1v) is 5.84. The summed E-state index contributed by atoms with van der Waals surface area (Å²) >= 11 is 6.96. The van der Waals surface area contributed by atoms with Gasteiger partial charge in [-0.1, -0.05) is 40.6 Å². The smallest absolute Gasteiger partial charge is 0.257 e. The third-order valence-electron chi connectivity index (χ3n) is 1.98. The van der Waals surface area contributed by atoms with Gasteiger partial charge in [0.25, 0.3) is 5.91 Å². The molecule has 1 amide bonds. The first-order chi connectivity index (χ1) is 7.65. The molecule has 0 aliphatic rings. The van der Waals surface area contributed by atoms with Crippen molar-refractivity contribution in [2.24, 2.45) is 0 Å². The van der Waals surface area contributed by atoms with Crippen molar-refractivity contribution in [2.75, 3.05) is 5.32 Å². The Morgan fingerprint density at radius 3 is 2.94 bits per heavy atom. The molecule has 0 radical (unpaired) electrons. The second kappa shape index (κ2) is 4.63. The largest absolute Gasteiger partial charge is 0.298 e. The van der Waals surface area contributed by atoms with Crippen LogP contribution in [0.15, 0.2) is 30.5 Å². The number of carbonyl (C=O) groups is 1. The molecule has 0 saturated heterocycles. The van der Waals surface area contributed by atoms with Crippen molar-refractivity contribution >= 4 is 34.0 Å². The van der Waals surface area contributed by atoms with E-state index in [0.29, 0.717) is 15.0 Å². The maximum Gasteiger partial charge on any atom is 0.257 e. The van der Waals surface area contributed by atoms with Crippen molar-refractivity contribution in [2.45, 2.75) is 6.92 Å². The molecule has 0 bridgehead atoms. The summed E-state index contributed by atoms with van der Waals surface area (Å²) in [5, 5.41) is 3.20. The SMILES string of the molecule is Cc1cccc(C(=O)Nc2ncc(Cl)s2)c1. The maximum absolute atomic E-state index is 11.8. The molecule has 5 heteroatoms. The highest BCUT2D eigenvalue weighted by Gasteiger charge is 2.08. The third-order valence-corrected chi connectivity index (χ3v) is 3.01. The van der Waals surface area contributed by atoms with Gasteiger partial charge in [0.1, 0.15) is 4.34 Å². The van der Waals surface area contributed by atoms with Crippen molar-refractivity contribution in [3.8, 4) is 0 Å². The summed E-state index contributed by atoms with van der Waals surface area (Å²) in [5.41, 5.74) is 1.66. The molecule has 1 heterocycles. The highest BCUT2D eigenvalue weighted by molar-refractivity contribution is 7.19. The number of aryl methyl sites for hydroxylation is 1. The Hall–Kier alpha value is -1.39. The van der Waals surface area contributed by atoms with Crippen LogP contribution in [0.5, 0.6) is 0 Å². The number of nitrogens with zero attached hydrogens (tertiary/aromatic N) is 1. The first-order valence-electron chi connectivity index (χ1n) is 4.64. The number of halogens is 1. The van der Waals surface area contributed by atoms with Crippen molar-refractivity contribution in [3.63, 3.8) is 0 Å². The maximum atomic E-state index is 11.8. The molecule has 0 fully saturated rings. The lowest BCUT2D eigenvalue weighted by atomic mass is 10.1. The van der Waals surface area contributed by atoms with Crippen LogP contribution in [0.4, 0.5) is 5.13 Å². The molecule has 1 aromatic heterocycles. The zero-order valence-electron chi connectivity index (χ0n) is 8.53. The molecule has 3 nitrogen and oxygen atoms in total. The van der Waals surface area contributed by atoms with E-state index in [1.165, 1.54) is 17.5 Å². The van der Waals surface area contributed by atoms with Gasteiger partial charge in [0.15, 0.2) is 5.13 Å². The molecule has 0 unspecified atom stereocenters. The molecule has 16 heavy (non-hydrogen) atoms. The summed E-state index contributed by atoms with van der Waals surface area (Å²) in [6.45, 7) is 1.94. The van der Waals surface area contributed by atoms with Crippen LogP contribution in [0.3, 0.4) is 0 Å². The number of carbonyl (C=O) groups excluding carboxylic acids is 1. The Morgan fingerprint density at radius 2 is 2.31 bits per heavy atom. The fraction of sp³-hybridized carbons (Fsp3) is 0.0909. The minimum absolute atomic E-state index is 0.172. The van der Waals surface area contributed by atoms with Gasteiger partial charge in [-0.3, -0.25) is 10.1 Å². The molecule has 2 rings (SSSR count). The average Bonchev–Trinajstić information content (AvgIpc) is 2.64. The van der Waals surface area contributed by atoms with Crippen LogP contribution in [-0.4, -0.2) is 10.9 Å². The van der Waals surface area contributed by atoms with Gasteiger partial charge in [-0.25, -0.2) is 4.98 Å². The zero-order valence-corrected chi connectivity index (χ0v) is 10.1. The van der Waals surface area contributed by atoms with Crippen LogP contribution in [0.25, 0.3) is 0 Å². The van der Waals surface area contributed by atoms with Crippen LogP contribution in [-0.2, 0) is 0 Å². The molecule has 0 atom stereocenters. The lowest BCUT2D eigenvalue weighted by molar-refractivity contribution is 0.102. The summed E-state index contributed by atoms with van der Waals surface area (Å²) in [4.78, 5) is 15.7. The van der Waals surface area contributed by atoms with Gasteiger partial charge >= 0.3 is 0 Å². The fourth-order valence-electron chi connectivity index (χ4n) is 1.27. The van der Waals surface area contributed by atoms with Gasteiger partial charge in [-0.15, -0.1) is 0 Å². The number of rotatable bonds is 2. The Morgan fingerprint density at radius 1 is 1.50 bits per heavy atom. The van der Waals surface area contributed by atoms with Gasteiger partial charge < -0.3 is 0 Å². The standard InChI is InChI=1S/C11H9ClN2OS/c1-7-3-2-4-8(5-7)10(15)14-11-13-6-9(12)16-11/h2-6H,1H3,(H,13,14,15). The third kappa shape index (κ3) is 2.59. The Balaban J connectivity index is 2.14. The van der Waals surface area contributed by atoms with Crippen LogP contribution in [0.2, 0.25) is 4.34 Å². The molecular weight excluding hydrogens is 244 g/mol. The molecule has 0 spiro atoms. The summed E-state index contributed by atoms with van der Waals surface area (Å²) in [6, 6.07) is 7.37. The predicted octanol–water partition coefficient (Wildman–Crippen LogP) is 3.36. The monoisotopic (exact) mass is 252 g/mol. The number of hydrogen-bond acceptors (Lipinski definition) is 3. The lowest BCUT2D eigenvalue weighted by Crippen LogP contribution is -2.11. The molecule has 0 aliphatic carbocycles. The fourth-order valence-corrected chi connectivity index (χ4v) is 2.08. The highest BCUT2D eigenvalue weighted by Crippen LogP contribution is 2.22. The van der Waals surface area contributed by atoms with Crippen molar-refractivity contribution in [3.05, 3.63) is 45.9 Å². The van der Waals surface area contributed by atoms with E-state index in [1.807, 2.05) is 25.1 Å². The zero-order chi connectivity index (χ0) is 11.5. The molecule has 82 valence electrons. The first kappa shape index (κ1) is 11.1. The molecule has 1 aromatic carbocycles. The number of nitrogens with one attached hydrogen (secondary N) is 1.